The lowest BCUT2D eigenvalue weighted by molar-refractivity contribution is -0.142. The molecule has 0 aliphatic heterocycles. The first-order valence-electron chi connectivity index (χ1n) is 6.51. The van der Waals surface area contributed by atoms with Crippen LogP contribution in [0.25, 0.3) is 0 Å². The lowest BCUT2D eigenvalue weighted by atomic mass is 10.1. The molecule has 1 atom stereocenters. The molecule has 0 bridgehead atoms. The molecule has 0 saturated heterocycles. The van der Waals surface area contributed by atoms with Gasteiger partial charge in [-0.2, -0.15) is 5.10 Å². The molecule has 0 radical (unpaired) electrons. The fourth-order valence-corrected chi connectivity index (χ4v) is 1.97. The van der Waals surface area contributed by atoms with E-state index in [9.17, 15) is 9.59 Å². The summed E-state index contributed by atoms with van der Waals surface area (Å²) in [5.41, 5.74) is 1.35. The van der Waals surface area contributed by atoms with Gasteiger partial charge >= 0.3 is 5.97 Å². The Morgan fingerprint density at radius 2 is 2.05 bits per heavy atom. The maximum atomic E-state index is 12.1. The Bertz CT molecular complexity index is 622. The third-order valence-electron chi connectivity index (χ3n) is 3.04. The molecule has 1 aromatic carbocycles. The molecule has 1 amide bonds. The van der Waals surface area contributed by atoms with Crippen molar-refractivity contribution in [2.45, 2.75) is 12.5 Å². The summed E-state index contributed by atoms with van der Waals surface area (Å²) in [4.78, 5) is 23.9. The lowest BCUT2D eigenvalue weighted by Gasteiger charge is -2.16. The Kier molecular flexibility index (Phi) is 4.71. The summed E-state index contributed by atoms with van der Waals surface area (Å²) in [6, 6.07) is 8.72. The van der Waals surface area contributed by atoms with Crippen LogP contribution in [0.4, 0.5) is 0 Å². The molecular formula is C15H17N3O3. The van der Waals surface area contributed by atoms with Crippen LogP contribution >= 0.6 is 0 Å². The zero-order chi connectivity index (χ0) is 15.2. The van der Waals surface area contributed by atoms with Crippen molar-refractivity contribution in [3.05, 3.63) is 53.9 Å². The predicted octanol–water partition coefficient (Wildman–Crippen LogP) is 0.934. The van der Waals surface area contributed by atoms with Gasteiger partial charge in [-0.3, -0.25) is 9.48 Å². The first-order chi connectivity index (χ1) is 10.1. The Hall–Kier alpha value is -2.63. The number of rotatable bonds is 5. The highest BCUT2D eigenvalue weighted by Gasteiger charge is 2.23. The van der Waals surface area contributed by atoms with Gasteiger partial charge in [-0.15, -0.1) is 0 Å². The van der Waals surface area contributed by atoms with Gasteiger partial charge < -0.3 is 10.1 Å². The van der Waals surface area contributed by atoms with Gasteiger partial charge in [-0.1, -0.05) is 30.3 Å². The normalized spacial score (nSPS) is 11.7. The van der Waals surface area contributed by atoms with E-state index in [0.29, 0.717) is 12.0 Å². The van der Waals surface area contributed by atoms with Crippen LogP contribution in [0, 0.1) is 0 Å². The van der Waals surface area contributed by atoms with Crippen LogP contribution in [0.2, 0.25) is 0 Å². The van der Waals surface area contributed by atoms with E-state index >= 15 is 0 Å². The number of nitrogens with zero attached hydrogens (tertiary/aromatic N) is 2. The van der Waals surface area contributed by atoms with Crippen molar-refractivity contribution in [1.29, 1.82) is 0 Å². The van der Waals surface area contributed by atoms with Gasteiger partial charge in [0, 0.05) is 19.7 Å². The summed E-state index contributed by atoms with van der Waals surface area (Å²) in [7, 11) is 3.02. The molecule has 0 saturated carbocycles. The summed E-state index contributed by atoms with van der Waals surface area (Å²) < 4.78 is 6.28. The van der Waals surface area contributed by atoms with Crippen LogP contribution in [0.3, 0.4) is 0 Å². The molecule has 2 aromatic rings. The van der Waals surface area contributed by atoms with E-state index in [4.69, 9.17) is 4.74 Å². The third kappa shape index (κ3) is 3.92. The number of methoxy groups -OCH3 is 1. The van der Waals surface area contributed by atoms with Crippen LogP contribution < -0.4 is 5.32 Å². The summed E-state index contributed by atoms with van der Waals surface area (Å²) in [5.74, 6) is -0.828. The number of esters is 1. The van der Waals surface area contributed by atoms with E-state index in [0.717, 1.165) is 5.56 Å². The number of carbonyl (C=O) groups excluding carboxylic acids is 2. The second-order valence-electron chi connectivity index (χ2n) is 4.64. The van der Waals surface area contributed by atoms with E-state index in [1.165, 1.54) is 18.0 Å². The molecule has 6 heteroatoms. The van der Waals surface area contributed by atoms with E-state index in [-0.39, 0.29) is 5.91 Å². The summed E-state index contributed by atoms with van der Waals surface area (Å²) >= 11 is 0. The van der Waals surface area contributed by atoms with Gasteiger partial charge in [0.15, 0.2) is 0 Å². The number of nitrogens with one attached hydrogen (secondary N) is 1. The molecule has 21 heavy (non-hydrogen) atoms. The molecule has 0 fully saturated rings. The number of carbonyl (C=O) groups is 2. The molecular weight excluding hydrogens is 270 g/mol. The minimum absolute atomic E-state index is 0.352. The number of aryl methyl sites for hydroxylation is 1. The minimum Gasteiger partial charge on any atom is -0.467 e. The maximum absolute atomic E-state index is 12.1. The van der Waals surface area contributed by atoms with Crippen molar-refractivity contribution in [2.75, 3.05) is 7.11 Å². The first kappa shape index (κ1) is 14.8. The highest BCUT2D eigenvalue weighted by Crippen LogP contribution is 2.06. The third-order valence-corrected chi connectivity index (χ3v) is 3.04. The highest BCUT2D eigenvalue weighted by molar-refractivity contribution is 5.96. The lowest BCUT2D eigenvalue weighted by Crippen LogP contribution is -2.43. The second-order valence-corrected chi connectivity index (χ2v) is 4.64. The smallest absolute Gasteiger partial charge is 0.328 e. The molecule has 0 unspecified atom stereocenters. The number of hydrogen-bond acceptors (Lipinski definition) is 4. The zero-order valence-corrected chi connectivity index (χ0v) is 11.9. The van der Waals surface area contributed by atoms with Gasteiger partial charge in [-0.25, -0.2) is 4.79 Å². The van der Waals surface area contributed by atoms with Crippen LogP contribution in [-0.2, 0) is 23.0 Å². The van der Waals surface area contributed by atoms with Gasteiger partial charge in [-0.05, 0) is 5.56 Å². The molecule has 1 heterocycles. The standard InChI is InChI=1S/C15H17N3O3/c1-18-10-12(9-16-18)14(19)17-13(15(20)21-2)8-11-6-4-3-5-7-11/h3-7,9-10,13H,8H2,1-2H3,(H,17,19)/t13-/m0/s1. The van der Waals surface area contributed by atoms with Crippen molar-refractivity contribution in [2.24, 2.45) is 7.05 Å². The van der Waals surface area contributed by atoms with Crippen LogP contribution in [-0.4, -0.2) is 34.8 Å². The van der Waals surface area contributed by atoms with E-state index in [1.807, 2.05) is 30.3 Å². The molecule has 6 nitrogen and oxygen atoms in total. The van der Waals surface area contributed by atoms with Crippen LogP contribution in [0.15, 0.2) is 42.7 Å². The molecule has 0 spiro atoms. The van der Waals surface area contributed by atoms with Gasteiger partial charge in [0.05, 0.1) is 18.9 Å². The Morgan fingerprint density at radius 1 is 1.33 bits per heavy atom. The quantitative estimate of drug-likeness (QED) is 0.830. The zero-order valence-electron chi connectivity index (χ0n) is 11.9. The van der Waals surface area contributed by atoms with Crippen molar-refractivity contribution in [3.63, 3.8) is 0 Å². The van der Waals surface area contributed by atoms with Crippen LogP contribution in [0.5, 0.6) is 0 Å². The molecule has 2 rings (SSSR count). The SMILES string of the molecule is COC(=O)[C@H](Cc1ccccc1)NC(=O)c1cnn(C)c1. The average molecular weight is 287 g/mol. The van der Waals surface area contributed by atoms with Gasteiger partial charge in [0.1, 0.15) is 6.04 Å². The van der Waals surface area contributed by atoms with Crippen molar-refractivity contribution in [1.82, 2.24) is 15.1 Å². The topological polar surface area (TPSA) is 73.2 Å². The largest absolute Gasteiger partial charge is 0.467 e. The highest BCUT2D eigenvalue weighted by atomic mass is 16.5. The van der Waals surface area contributed by atoms with Gasteiger partial charge in [0.25, 0.3) is 5.91 Å². The number of aromatic nitrogens is 2. The number of ether oxygens (including phenoxy) is 1. The Labute approximate surface area is 122 Å². The van der Waals surface area contributed by atoms with Crippen molar-refractivity contribution >= 4 is 11.9 Å². The molecule has 1 N–H and O–H groups in total. The first-order valence-corrected chi connectivity index (χ1v) is 6.51. The monoisotopic (exact) mass is 287 g/mol. The fraction of sp³-hybridized carbons (Fsp3) is 0.267. The molecule has 0 aliphatic rings. The Morgan fingerprint density at radius 3 is 2.62 bits per heavy atom. The van der Waals surface area contributed by atoms with Crippen molar-refractivity contribution in [3.8, 4) is 0 Å². The predicted molar refractivity (Wildman–Crippen MR) is 76.6 cm³/mol. The molecule has 1 aromatic heterocycles. The van der Waals surface area contributed by atoms with E-state index in [1.54, 1.807) is 13.2 Å². The van der Waals surface area contributed by atoms with Crippen molar-refractivity contribution < 1.29 is 14.3 Å². The number of benzene rings is 1. The van der Waals surface area contributed by atoms with Crippen LogP contribution in [0.1, 0.15) is 15.9 Å². The maximum Gasteiger partial charge on any atom is 0.328 e. The van der Waals surface area contributed by atoms with Gasteiger partial charge in [0.2, 0.25) is 0 Å². The summed E-state index contributed by atoms with van der Waals surface area (Å²) in [6.07, 6.45) is 3.41. The Balaban J connectivity index is 2.09. The average Bonchev–Trinajstić information content (AvgIpc) is 2.93. The number of hydrogen-bond donors (Lipinski definition) is 1. The molecule has 0 aliphatic carbocycles. The summed E-state index contributed by atoms with van der Waals surface area (Å²) in [6.45, 7) is 0. The summed E-state index contributed by atoms with van der Waals surface area (Å²) in [5, 5.41) is 6.61. The minimum atomic E-state index is -0.731. The van der Waals surface area contributed by atoms with E-state index in [2.05, 4.69) is 10.4 Å². The molecule has 110 valence electrons. The fourth-order valence-electron chi connectivity index (χ4n) is 1.97. The number of amides is 1. The van der Waals surface area contributed by atoms with E-state index < -0.39 is 12.0 Å². The second kappa shape index (κ2) is 6.69.